The van der Waals surface area contributed by atoms with Crippen molar-refractivity contribution in [3.05, 3.63) is 65.7 Å². The van der Waals surface area contributed by atoms with Gasteiger partial charge in [0.15, 0.2) is 0 Å². The molecule has 0 fully saturated rings. The first-order chi connectivity index (χ1) is 12.7. The molecule has 3 aromatic rings. The zero-order valence-electron chi connectivity index (χ0n) is 15.4. The standard InChI is InChI=1S/C22H25N3O/c1-3-4-10-15-23-20-16(2)21(24-19-14-9-8-13-18(19)20)25-22(26)17-11-6-5-7-12-17/h5-9,11-14H,3-4,10,15H2,1-2H3,(H2,23,24,25,26). The van der Waals surface area contributed by atoms with E-state index in [4.69, 9.17) is 0 Å². The Kier molecular flexibility index (Phi) is 5.84. The van der Waals surface area contributed by atoms with Gasteiger partial charge in [0, 0.05) is 23.1 Å². The molecule has 1 heterocycles. The minimum Gasteiger partial charge on any atom is -0.384 e. The molecule has 0 unspecified atom stereocenters. The molecule has 1 aromatic heterocycles. The molecule has 2 N–H and O–H groups in total. The molecule has 0 aliphatic carbocycles. The number of carbonyl (C=O) groups excluding carboxylic acids is 1. The highest BCUT2D eigenvalue weighted by Crippen LogP contribution is 2.31. The normalized spacial score (nSPS) is 10.7. The second-order valence-electron chi connectivity index (χ2n) is 6.43. The van der Waals surface area contributed by atoms with Crippen LogP contribution in [-0.2, 0) is 0 Å². The van der Waals surface area contributed by atoms with Crippen LogP contribution in [0.15, 0.2) is 54.6 Å². The molecule has 0 saturated carbocycles. The zero-order valence-corrected chi connectivity index (χ0v) is 15.4. The predicted octanol–water partition coefficient (Wildman–Crippen LogP) is 5.40. The average molecular weight is 347 g/mol. The van der Waals surface area contributed by atoms with Crippen LogP contribution in [0.3, 0.4) is 0 Å². The number of anilines is 2. The number of para-hydroxylation sites is 1. The van der Waals surface area contributed by atoms with Gasteiger partial charge in [-0.15, -0.1) is 0 Å². The number of nitrogens with zero attached hydrogens (tertiary/aromatic N) is 1. The highest BCUT2D eigenvalue weighted by Gasteiger charge is 2.14. The number of pyridine rings is 1. The number of hydrogen-bond acceptors (Lipinski definition) is 3. The lowest BCUT2D eigenvalue weighted by Crippen LogP contribution is -2.15. The van der Waals surface area contributed by atoms with Gasteiger partial charge in [-0.05, 0) is 31.5 Å². The van der Waals surface area contributed by atoms with Crippen LogP contribution in [0.5, 0.6) is 0 Å². The fourth-order valence-electron chi connectivity index (χ4n) is 3.01. The maximum atomic E-state index is 12.5. The maximum Gasteiger partial charge on any atom is 0.256 e. The monoisotopic (exact) mass is 347 g/mol. The summed E-state index contributed by atoms with van der Waals surface area (Å²) in [5.41, 5.74) is 3.51. The molecule has 1 amide bonds. The van der Waals surface area contributed by atoms with Gasteiger partial charge in [-0.1, -0.05) is 56.2 Å². The third kappa shape index (κ3) is 4.02. The summed E-state index contributed by atoms with van der Waals surface area (Å²) >= 11 is 0. The minimum atomic E-state index is -0.145. The highest BCUT2D eigenvalue weighted by molar-refractivity contribution is 6.06. The second kappa shape index (κ2) is 8.48. The number of amides is 1. The molecule has 0 bridgehead atoms. The van der Waals surface area contributed by atoms with E-state index in [-0.39, 0.29) is 5.91 Å². The van der Waals surface area contributed by atoms with Crippen LogP contribution >= 0.6 is 0 Å². The summed E-state index contributed by atoms with van der Waals surface area (Å²) in [7, 11) is 0. The van der Waals surface area contributed by atoms with Gasteiger partial charge in [0.1, 0.15) is 5.82 Å². The predicted molar refractivity (Wildman–Crippen MR) is 109 cm³/mol. The molecule has 4 nitrogen and oxygen atoms in total. The van der Waals surface area contributed by atoms with Crippen LogP contribution in [0, 0.1) is 6.92 Å². The molecule has 4 heteroatoms. The largest absolute Gasteiger partial charge is 0.384 e. The van der Waals surface area contributed by atoms with Gasteiger partial charge in [0.05, 0.1) is 11.2 Å². The van der Waals surface area contributed by atoms with Gasteiger partial charge in [0.25, 0.3) is 5.91 Å². The molecule has 0 atom stereocenters. The fraction of sp³-hybridized carbons (Fsp3) is 0.273. The molecule has 0 saturated heterocycles. The SMILES string of the molecule is CCCCCNc1c(C)c(NC(=O)c2ccccc2)nc2ccccc12. The summed E-state index contributed by atoms with van der Waals surface area (Å²) in [6, 6.07) is 17.2. The molecule has 0 spiro atoms. The van der Waals surface area contributed by atoms with Gasteiger partial charge >= 0.3 is 0 Å². The third-order valence-electron chi connectivity index (χ3n) is 4.49. The minimum absolute atomic E-state index is 0.145. The lowest BCUT2D eigenvalue weighted by Gasteiger charge is -2.16. The van der Waals surface area contributed by atoms with E-state index in [1.165, 1.54) is 12.8 Å². The first kappa shape index (κ1) is 17.9. The van der Waals surface area contributed by atoms with Crippen molar-refractivity contribution in [2.24, 2.45) is 0 Å². The Morgan fingerprint density at radius 2 is 1.73 bits per heavy atom. The Labute approximate surface area is 154 Å². The number of unbranched alkanes of at least 4 members (excludes halogenated alkanes) is 2. The van der Waals surface area contributed by atoms with Crippen LogP contribution in [0.25, 0.3) is 10.9 Å². The molecular weight excluding hydrogens is 322 g/mol. The van der Waals surface area contributed by atoms with Crippen LogP contribution < -0.4 is 10.6 Å². The molecule has 0 radical (unpaired) electrons. The van der Waals surface area contributed by atoms with E-state index >= 15 is 0 Å². The van der Waals surface area contributed by atoms with E-state index in [2.05, 4.69) is 28.6 Å². The van der Waals surface area contributed by atoms with Crippen molar-refractivity contribution < 1.29 is 4.79 Å². The summed E-state index contributed by atoms with van der Waals surface area (Å²) < 4.78 is 0. The summed E-state index contributed by atoms with van der Waals surface area (Å²) in [5.74, 6) is 0.462. The third-order valence-corrected chi connectivity index (χ3v) is 4.49. The number of aromatic nitrogens is 1. The number of rotatable bonds is 7. The molecular formula is C22H25N3O. The maximum absolute atomic E-state index is 12.5. The quantitative estimate of drug-likeness (QED) is 0.563. The van der Waals surface area contributed by atoms with E-state index in [1.807, 2.05) is 43.3 Å². The lowest BCUT2D eigenvalue weighted by molar-refractivity contribution is 0.102. The van der Waals surface area contributed by atoms with E-state index in [0.29, 0.717) is 11.4 Å². The first-order valence-electron chi connectivity index (χ1n) is 9.20. The van der Waals surface area contributed by atoms with Crippen LogP contribution in [-0.4, -0.2) is 17.4 Å². The molecule has 3 rings (SSSR count). The summed E-state index contributed by atoms with van der Waals surface area (Å²) in [6.07, 6.45) is 3.51. The number of benzene rings is 2. The van der Waals surface area contributed by atoms with Gasteiger partial charge in [0.2, 0.25) is 0 Å². The topological polar surface area (TPSA) is 54.0 Å². The summed E-state index contributed by atoms with van der Waals surface area (Å²) in [5, 5.41) is 7.61. The van der Waals surface area contributed by atoms with Crippen LogP contribution in [0.2, 0.25) is 0 Å². The van der Waals surface area contributed by atoms with Gasteiger partial charge in [-0.25, -0.2) is 4.98 Å². The molecule has 134 valence electrons. The van der Waals surface area contributed by atoms with Gasteiger partial charge in [-0.3, -0.25) is 4.79 Å². The molecule has 26 heavy (non-hydrogen) atoms. The van der Waals surface area contributed by atoms with E-state index in [0.717, 1.165) is 35.1 Å². The number of carbonyl (C=O) groups is 1. The smallest absolute Gasteiger partial charge is 0.256 e. The average Bonchev–Trinajstić information content (AvgIpc) is 2.68. The van der Waals surface area contributed by atoms with Crippen molar-refractivity contribution in [2.45, 2.75) is 33.1 Å². The van der Waals surface area contributed by atoms with E-state index in [1.54, 1.807) is 12.1 Å². The lowest BCUT2D eigenvalue weighted by atomic mass is 10.1. The zero-order chi connectivity index (χ0) is 18.4. The molecule has 2 aromatic carbocycles. The highest BCUT2D eigenvalue weighted by atomic mass is 16.1. The van der Waals surface area contributed by atoms with Crippen molar-refractivity contribution in [1.82, 2.24) is 4.98 Å². The van der Waals surface area contributed by atoms with Gasteiger partial charge < -0.3 is 10.6 Å². The van der Waals surface area contributed by atoms with Crippen molar-refractivity contribution in [1.29, 1.82) is 0 Å². The summed E-state index contributed by atoms with van der Waals surface area (Å²) in [6.45, 7) is 5.11. The Bertz CT molecular complexity index is 891. The molecule has 0 aliphatic heterocycles. The first-order valence-corrected chi connectivity index (χ1v) is 9.20. The Balaban J connectivity index is 1.92. The van der Waals surface area contributed by atoms with Crippen molar-refractivity contribution in [3.8, 4) is 0 Å². The van der Waals surface area contributed by atoms with Crippen molar-refractivity contribution in [2.75, 3.05) is 17.2 Å². The Hall–Kier alpha value is -2.88. The van der Waals surface area contributed by atoms with Gasteiger partial charge in [-0.2, -0.15) is 0 Å². The van der Waals surface area contributed by atoms with Crippen molar-refractivity contribution >= 4 is 28.3 Å². The second-order valence-corrected chi connectivity index (χ2v) is 6.43. The van der Waals surface area contributed by atoms with Crippen LogP contribution in [0.1, 0.15) is 42.1 Å². The molecule has 0 aliphatic rings. The van der Waals surface area contributed by atoms with E-state index in [9.17, 15) is 4.79 Å². The van der Waals surface area contributed by atoms with E-state index < -0.39 is 0 Å². The fourth-order valence-corrected chi connectivity index (χ4v) is 3.01. The van der Waals surface area contributed by atoms with Crippen LogP contribution in [0.4, 0.5) is 11.5 Å². The number of fused-ring (bicyclic) bond motifs is 1. The Morgan fingerprint density at radius 3 is 2.50 bits per heavy atom. The Morgan fingerprint density at radius 1 is 1.00 bits per heavy atom. The number of hydrogen-bond donors (Lipinski definition) is 2. The summed E-state index contributed by atoms with van der Waals surface area (Å²) in [4.78, 5) is 17.2. The number of nitrogens with one attached hydrogen (secondary N) is 2. The van der Waals surface area contributed by atoms with Crippen molar-refractivity contribution in [3.63, 3.8) is 0 Å².